The van der Waals surface area contributed by atoms with Gasteiger partial charge in [-0.2, -0.15) is 0 Å². The molecule has 4 aliphatic carbocycles. The normalized spacial score (nSPS) is 49.4. The lowest BCUT2D eigenvalue weighted by molar-refractivity contribution is -0.141. The Hall–Kier alpha value is -0.370. The number of rotatable bonds is 5. The van der Waals surface area contributed by atoms with E-state index in [9.17, 15) is 4.79 Å². The molecule has 2 nitrogen and oxygen atoms in total. The topological polar surface area (TPSA) is 43.1 Å². The van der Waals surface area contributed by atoms with Gasteiger partial charge in [0.25, 0.3) is 0 Å². The van der Waals surface area contributed by atoms with Crippen LogP contribution >= 0.6 is 0 Å². The summed E-state index contributed by atoms with van der Waals surface area (Å²) in [6.45, 7) is 7.46. The van der Waals surface area contributed by atoms with Crippen molar-refractivity contribution in [3.8, 4) is 0 Å². The van der Waals surface area contributed by atoms with Crippen molar-refractivity contribution in [1.29, 1.82) is 0 Å². The van der Waals surface area contributed by atoms with Crippen molar-refractivity contribution in [2.75, 3.05) is 0 Å². The van der Waals surface area contributed by atoms with Gasteiger partial charge in [0.1, 0.15) is 5.78 Å². The van der Waals surface area contributed by atoms with Crippen molar-refractivity contribution in [1.82, 2.24) is 0 Å². The number of hydrogen-bond acceptors (Lipinski definition) is 2. The average Bonchev–Trinajstić information content (AvgIpc) is 2.99. The molecule has 0 aromatic rings. The van der Waals surface area contributed by atoms with Gasteiger partial charge in [0.2, 0.25) is 0 Å². The molecule has 0 radical (unpaired) electrons. The molecule has 0 aliphatic heterocycles. The highest BCUT2D eigenvalue weighted by Gasteiger charge is 2.60. The van der Waals surface area contributed by atoms with Gasteiger partial charge < -0.3 is 5.73 Å². The first-order valence-electron chi connectivity index (χ1n) is 12.2. The maximum absolute atomic E-state index is 12.2. The molecule has 4 aliphatic rings. The Morgan fingerprint density at radius 2 is 1.81 bits per heavy atom. The van der Waals surface area contributed by atoms with Crippen molar-refractivity contribution in [3.05, 3.63) is 0 Å². The van der Waals surface area contributed by atoms with Crippen LogP contribution in [0.4, 0.5) is 0 Å². The molecular weight excluding hydrogens is 330 g/mol. The minimum absolute atomic E-state index is 0.173. The smallest absolute Gasteiger partial charge is 0.149 e. The Morgan fingerprint density at radius 3 is 2.59 bits per heavy atom. The largest absolute Gasteiger partial charge is 0.321 e. The molecule has 154 valence electrons. The second-order valence-electron chi connectivity index (χ2n) is 11.4. The van der Waals surface area contributed by atoms with Crippen LogP contribution in [0.5, 0.6) is 0 Å². The number of fused-ring (bicyclic) bond motifs is 5. The van der Waals surface area contributed by atoms with Gasteiger partial charge in [0, 0.05) is 6.42 Å². The van der Waals surface area contributed by atoms with E-state index in [0.29, 0.717) is 22.5 Å². The number of unbranched alkanes of at least 4 members (excludes halogenated alkanes) is 3. The fourth-order valence-corrected chi connectivity index (χ4v) is 8.52. The van der Waals surface area contributed by atoms with Gasteiger partial charge >= 0.3 is 0 Å². The van der Waals surface area contributed by atoms with Crippen LogP contribution in [0.1, 0.15) is 104 Å². The van der Waals surface area contributed by atoms with E-state index < -0.39 is 0 Å². The number of carbonyl (C=O) groups excluding carboxylic acids is 1. The minimum Gasteiger partial charge on any atom is -0.321 e. The lowest BCUT2D eigenvalue weighted by Gasteiger charge is -2.60. The van der Waals surface area contributed by atoms with Crippen LogP contribution in [0.25, 0.3) is 0 Å². The van der Waals surface area contributed by atoms with Gasteiger partial charge in [-0.1, -0.05) is 52.9 Å². The first-order valence-corrected chi connectivity index (χ1v) is 12.2. The zero-order valence-corrected chi connectivity index (χ0v) is 18.1. The van der Waals surface area contributed by atoms with Crippen LogP contribution < -0.4 is 5.73 Å². The predicted octanol–water partition coefficient (Wildman–Crippen LogP) is 6.12. The number of hydrogen-bond donors (Lipinski definition) is 1. The lowest BCUT2D eigenvalue weighted by Crippen LogP contribution is -2.59. The molecule has 8 atom stereocenters. The summed E-state index contributed by atoms with van der Waals surface area (Å²) in [5.41, 5.74) is 7.36. The molecule has 2 N–H and O–H groups in total. The van der Waals surface area contributed by atoms with Gasteiger partial charge in [-0.05, 0) is 85.4 Å². The van der Waals surface area contributed by atoms with Gasteiger partial charge in [-0.3, -0.25) is 4.79 Å². The van der Waals surface area contributed by atoms with E-state index in [1.54, 1.807) is 0 Å². The molecule has 0 bridgehead atoms. The van der Waals surface area contributed by atoms with E-state index in [1.165, 1.54) is 70.6 Å². The summed E-state index contributed by atoms with van der Waals surface area (Å²) in [6.07, 6.45) is 17.3. The van der Waals surface area contributed by atoms with Crippen molar-refractivity contribution in [3.63, 3.8) is 0 Å². The van der Waals surface area contributed by atoms with Crippen LogP contribution in [0.2, 0.25) is 0 Å². The highest BCUT2D eigenvalue weighted by Crippen LogP contribution is 2.66. The standard InChI is InChI=1S/C25H43NO/c1-4-5-6-7-8-17-15-21-18-9-10-20-23(26)22(27)12-14-25(20,3)19(18)11-13-24(21,2)16-17/h17-21,23H,4-16,26H2,1-3H3/t17?,18-,19-,20?,21+,23?,24-,25-/m1/s1. The summed E-state index contributed by atoms with van der Waals surface area (Å²) >= 11 is 0. The highest BCUT2D eigenvalue weighted by molar-refractivity contribution is 5.85. The zero-order valence-electron chi connectivity index (χ0n) is 18.1. The van der Waals surface area contributed by atoms with Crippen molar-refractivity contribution in [2.45, 2.75) is 110 Å². The number of carbonyl (C=O) groups is 1. The van der Waals surface area contributed by atoms with Crippen molar-refractivity contribution in [2.24, 2.45) is 46.2 Å². The molecule has 0 aromatic heterocycles. The van der Waals surface area contributed by atoms with E-state index in [1.807, 2.05) is 0 Å². The third-order valence-corrected chi connectivity index (χ3v) is 9.98. The van der Waals surface area contributed by atoms with Crippen LogP contribution in [0, 0.1) is 40.4 Å². The zero-order chi connectivity index (χ0) is 19.2. The molecule has 4 fully saturated rings. The summed E-state index contributed by atoms with van der Waals surface area (Å²) in [6, 6.07) is -0.173. The Morgan fingerprint density at radius 1 is 1.00 bits per heavy atom. The second-order valence-corrected chi connectivity index (χ2v) is 11.4. The quantitative estimate of drug-likeness (QED) is 0.590. The number of ketones is 1. The van der Waals surface area contributed by atoms with E-state index >= 15 is 0 Å². The Bertz CT molecular complexity index is 559. The Labute approximate surface area is 167 Å². The molecule has 4 saturated carbocycles. The second kappa shape index (κ2) is 7.47. The van der Waals surface area contributed by atoms with E-state index in [-0.39, 0.29) is 6.04 Å². The van der Waals surface area contributed by atoms with Crippen molar-refractivity contribution < 1.29 is 4.79 Å². The molecule has 27 heavy (non-hydrogen) atoms. The molecule has 0 aromatic carbocycles. The first kappa shape index (κ1) is 19.9. The fourth-order valence-electron chi connectivity index (χ4n) is 8.52. The van der Waals surface area contributed by atoms with E-state index in [4.69, 9.17) is 5.73 Å². The van der Waals surface area contributed by atoms with Gasteiger partial charge in [0.15, 0.2) is 0 Å². The fraction of sp³-hybridized carbons (Fsp3) is 0.960. The third-order valence-electron chi connectivity index (χ3n) is 9.98. The van der Waals surface area contributed by atoms with Gasteiger partial charge in [-0.15, -0.1) is 0 Å². The molecule has 2 heteroatoms. The summed E-state index contributed by atoms with van der Waals surface area (Å²) in [5, 5.41) is 0. The first-order chi connectivity index (χ1) is 12.9. The lowest BCUT2D eigenvalue weighted by atomic mass is 9.44. The summed E-state index contributed by atoms with van der Waals surface area (Å²) in [7, 11) is 0. The van der Waals surface area contributed by atoms with Crippen LogP contribution in [0.15, 0.2) is 0 Å². The van der Waals surface area contributed by atoms with Crippen LogP contribution in [-0.2, 0) is 4.79 Å². The van der Waals surface area contributed by atoms with Gasteiger partial charge in [-0.25, -0.2) is 0 Å². The molecule has 0 saturated heterocycles. The Balaban J connectivity index is 1.47. The molecule has 4 rings (SSSR count). The molecule has 3 unspecified atom stereocenters. The Kier molecular flexibility index (Phi) is 5.51. The number of nitrogens with two attached hydrogens (primary N) is 1. The predicted molar refractivity (Wildman–Crippen MR) is 112 cm³/mol. The van der Waals surface area contributed by atoms with Gasteiger partial charge in [0.05, 0.1) is 6.04 Å². The van der Waals surface area contributed by atoms with E-state index in [2.05, 4.69) is 20.8 Å². The summed E-state index contributed by atoms with van der Waals surface area (Å²) in [4.78, 5) is 12.2. The third kappa shape index (κ3) is 3.32. The minimum atomic E-state index is -0.173. The monoisotopic (exact) mass is 373 g/mol. The van der Waals surface area contributed by atoms with Crippen LogP contribution in [0.3, 0.4) is 0 Å². The summed E-state index contributed by atoms with van der Waals surface area (Å²) < 4.78 is 0. The average molecular weight is 374 g/mol. The molecule has 0 amide bonds. The van der Waals surface area contributed by atoms with E-state index in [0.717, 1.165) is 36.5 Å². The molecule has 0 spiro atoms. The van der Waals surface area contributed by atoms with Crippen molar-refractivity contribution >= 4 is 5.78 Å². The molecular formula is C25H43NO. The highest BCUT2D eigenvalue weighted by atomic mass is 16.1. The number of Topliss-reactive ketones (excluding diaryl/α,β-unsaturated/α-hetero) is 1. The SMILES string of the molecule is CCCCCCC1C[C@H]2[C@@H]3CCC4C(N)C(=O)CC[C@]4(C)[C@@H]3CC[C@]2(C)C1. The molecule has 0 heterocycles. The van der Waals surface area contributed by atoms with Crippen LogP contribution in [-0.4, -0.2) is 11.8 Å². The summed E-state index contributed by atoms with van der Waals surface area (Å²) in [5.74, 6) is 4.45. The maximum Gasteiger partial charge on any atom is 0.149 e. The maximum atomic E-state index is 12.2.